The highest BCUT2D eigenvalue weighted by molar-refractivity contribution is 5.79. The standard InChI is InChI=1S/C11H15N3O5/c1-18-9-5-4-8(14(16)17)7-10(9)19-6-2-3-11(12)13-15/h4-5,7,15H,2-3,6H2,1H3,(H2,12,13). The number of rotatable bonds is 7. The van der Waals surface area contributed by atoms with E-state index in [2.05, 4.69) is 5.16 Å². The lowest BCUT2D eigenvalue weighted by atomic mass is 10.2. The van der Waals surface area contributed by atoms with Gasteiger partial charge in [-0.05, 0) is 12.5 Å². The topological polar surface area (TPSA) is 120 Å². The number of hydrogen-bond donors (Lipinski definition) is 2. The van der Waals surface area contributed by atoms with Gasteiger partial charge in [-0.25, -0.2) is 0 Å². The third kappa shape index (κ3) is 4.34. The molecule has 8 heteroatoms. The maximum Gasteiger partial charge on any atom is 0.273 e. The number of amidine groups is 1. The summed E-state index contributed by atoms with van der Waals surface area (Å²) in [5, 5.41) is 21.8. The molecule has 0 heterocycles. The first kappa shape index (κ1) is 14.6. The van der Waals surface area contributed by atoms with Gasteiger partial charge < -0.3 is 20.4 Å². The van der Waals surface area contributed by atoms with Crippen molar-refractivity contribution in [1.29, 1.82) is 0 Å². The number of methoxy groups -OCH3 is 1. The molecule has 0 fully saturated rings. The summed E-state index contributed by atoms with van der Waals surface area (Å²) >= 11 is 0. The van der Waals surface area contributed by atoms with Crippen molar-refractivity contribution in [2.24, 2.45) is 10.9 Å². The first-order chi connectivity index (χ1) is 9.08. The van der Waals surface area contributed by atoms with Crippen molar-refractivity contribution in [1.82, 2.24) is 0 Å². The van der Waals surface area contributed by atoms with E-state index in [9.17, 15) is 10.1 Å². The molecule has 0 aliphatic heterocycles. The van der Waals surface area contributed by atoms with Gasteiger partial charge in [0, 0.05) is 12.5 Å². The molecule has 0 amide bonds. The van der Waals surface area contributed by atoms with Gasteiger partial charge in [-0.3, -0.25) is 10.1 Å². The molecule has 19 heavy (non-hydrogen) atoms. The molecule has 8 nitrogen and oxygen atoms in total. The number of hydrogen-bond acceptors (Lipinski definition) is 6. The second-order valence-corrected chi connectivity index (χ2v) is 3.64. The van der Waals surface area contributed by atoms with Crippen molar-refractivity contribution in [3.63, 3.8) is 0 Å². The van der Waals surface area contributed by atoms with E-state index in [0.29, 0.717) is 18.6 Å². The quantitative estimate of drug-likeness (QED) is 0.193. The fraction of sp³-hybridized carbons (Fsp3) is 0.364. The molecule has 0 saturated heterocycles. The van der Waals surface area contributed by atoms with Crippen molar-refractivity contribution in [3.05, 3.63) is 28.3 Å². The summed E-state index contributed by atoms with van der Waals surface area (Å²) in [7, 11) is 1.45. The van der Waals surface area contributed by atoms with E-state index in [1.54, 1.807) is 0 Å². The van der Waals surface area contributed by atoms with Crippen LogP contribution in [-0.2, 0) is 0 Å². The van der Waals surface area contributed by atoms with E-state index >= 15 is 0 Å². The fourth-order valence-electron chi connectivity index (χ4n) is 1.38. The van der Waals surface area contributed by atoms with Gasteiger partial charge in [0.15, 0.2) is 11.5 Å². The molecule has 0 unspecified atom stereocenters. The predicted octanol–water partition coefficient (Wildman–Crippen LogP) is 1.51. The Bertz CT molecular complexity index is 475. The van der Waals surface area contributed by atoms with Gasteiger partial charge in [0.05, 0.1) is 24.7 Å². The van der Waals surface area contributed by atoms with Crippen LogP contribution in [0.1, 0.15) is 12.8 Å². The first-order valence-electron chi connectivity index (χ1n) is 5.50. The van der Waals surface area contributed by atoms with Crippen LogP contribution in [0.15, 0.2) is 23.4 Å². The highest BCUT2D eigenvalue weighted by Gasteiger charge is 2.12. The minimum atomic E-state index is -0.511. The zero-order valence-corrected chi connectivity index (χ0v) is 10.4. The molecule has 0 aromatic heterocycles. The van der Waals surface area contributed by atoms with E-state index in [1.165, 1.54) is 25.3 Å². The second kappa shape index (κ2) is 7.04. The van der Waals surface area contributed by atoms with Gasteiger partial charge in [0.1, 0.15) is 5.84 Å². The van der Waals surface area contributed by atoms with Gasteiger partial charge in [-0.15, -0.1) is 0 Å². The van der Waals surface area contributed by atoms with Crippen LogP contribution in [0.25, 0.3) is 0 Å². The van der Waals surface area contributed by atoms with Crippen LogP contribution in [0, 0.1) is 10.1 Å². The van der Waals surface area contributed by atoms with Crippen molar-refractivity contribution >= 4 is 11.5 Å². The number of nitro benzene ring substituents is 1. The fourth-order valence-corrected chi connectivity index (χ4v) is 1.38. The Kier molecular flexibility index (Phi) is 5.39. The van der Waals surface area contributed by atoms with Gasteiger partial charge in [-0.1, -0.05) is 5.16 Å². The third-order valence-corrected chi connectivity index (χ3v) is 2.32. The molecule has 104 valence electrons. The predicted molar refractivity (Wildman–Crippen MR) is 67.8 cm³/mol. The average molecular weight is 269 g/mol. The van der Waals surface area contributed by atoms with Gasteiger partial charge >= 0.3 is 0 Å². The number of ether oxygens (including phenoxy) is 2. The molecule has 0 saturated carbocycles. The summed E-state index contributed by atoms with van der Waals surface area (Å²) < 4.78 is 10.4. The average Bonchev–Trinajstić information content (AvgIpc) is 2.42. The van der Waals surface area contributed by atoms with Crippen LogP contribution < -0.4 is 15.2 Å². The van der Waals surface area contributed by atoms with E-state index in [4.69, 9.17) is 20.4 Å². The Balaban J connectivity index is 2.65. The lowest BCUT2D eigenvalue weighted by Gasteiger charge is -2.10. The zero-order chi connectivity index (χ0) is 14.3. The van der Waals surface area contributed by atoms with Crippen molar-refractivity contribution in [2.45, 2.75) is 12.8 Å². The lowest BCUT2D eigenvalue weighted by Crippen LogP contribution is -2.12. The molecule has 0 atom stereocenters. The Morgan fingerprint density at radius 1 is 1.53 bits per heavy atom. The molecule has 0 radical (unpaired) electrons. The minimum Gasteiger partial charge on any atom is -0.493 e. The largest absolute Gasteiger partial charge is 0.493 e. The van der Waals surface area contributed by atoms with Crippen LogP contribution >= 0.6 is 0 Å². The van der Waals surface area contributed by atoms with Crippen LogP contribution in [0.3, 0.4) is 0 Å². The molecule has 0 aliphatic rings. The van der Waals surface area contributed by atoms with Crippen molar-refractivity contribution < 1.29 is 19.6 Å². The maximum absolute atomic E-state index is 10.7. The smallest absolute Gasteiger partial charge is 0.273 e. The Labute approximate surface area is 109 Å². The summed E-state index contributed by atoms with van der Waals surface area (Å²) in [5.41, 5.74) is 5.23. The number of nitrogens with two attached hydrogens (primary N) is 1. The summed E-state index contributed by atoms with van der Waals surface area (Å²) in [6.07, 6.45) is 0.884. The van der Waals surface area contributed by atoms with Crippen LogP contribution in [0.4, 0.5) is 5.69 Å². The molecule has 0 aliphatic carbocycles. The van der Waals surface area contributed by atoms with Crippen LogP contribution in [0.5, 0.6) is 11.5 Å². The van der Waals surface area contributed by atoms with E-state index in [0.717, 1.165) is 0 Å². The molecule has 3 N–H and O–H groups in total. The summed E-state index contributed by atoms with van der Waals surface area (Å²) in [6.45, 7) is 0.272. The van der Waals surface area contributed by atoms with E-state index in [1.807, 2.05) is 0 Å². The Hall–Kier alpha value is -2.51. The van der Waals surface area contributed by atoms with E-state index in [-0.39, 0.29) is 23.9 Å². The molecule has 0 bridgehead atoms. The van der Waals surface area contributed by atoms with Crippen LogP contribution in [-0.4, -0.2) is 29.7 Å². The first-order valence-corrected chi connectivity index (χ1v) is 5.50. The SMILES string of the molecule is COc1ccc([N+](=O)[O-])cc1OCCC/C(N)=N/O. The second-order valence-electron chi connectivity index (χ2n) is 3.64. The van der Waals surface area contributed by atoms with Crippen molar-refractivity contribution in [2.75, 3.05) is 13.7 Å². The summed E-state index contributed by atoms with van der Waals surface area (Å²) in [4.78, 5) is 10.1. The molecule has 1 aromatic rings. The van der Waals surface area contributed by atoms with Crippen LogP contribution in [0.2, 0.25) is 0 Å². The molecule has 1 aromatic carbocycles. The van der Waals surface area contributed by atoms with Crippen molar-refractivity contribution in [3.8, 4) is 11.5 Å². The number of oxime groups is 1. The third-order valence-electron chi connectivity index (χ3n) is 2.32. The lowest BCUT2D eigenvalue weighted by molar-refractivity contribution is -0.385. The van der Waals surface area contributed by atoms with Gasteiger partial charge in [0.2, 0.25) is 0 Å². The minimum absolute atomic E-state index is 0.0766. The normalized spacial score (nSPS) is 11.1. The molecular formula is C11H15N3O5. The number of benzene rings is 1. The summed E-state index contributed by atoms with van der Waals surface area (Å²) in [5.74, 6) is 0.806. The maximum atomic E-state index is 10.7. The number of nitrogens with zero attached hydrogens (tertiary/aromatic N) is 2. The number of non-ortho nitro benzene ring substituents is 1. The van der Waals surface area contributed by atoms with Gasteiger partial charge in [0.25, 0.3) is 5.69 Å². The van der Waals surface area contributed by atoms with Gasteiger partial charge in [-0.2, -0.15) is 0 Å². The Morgan fingerprint density at radius 3 is 2.84 bits per heavy atom. The number of nitro groups is 1. The summed E-state index contributed by atoms with van der Waals surface area (Å²) in [6, 6.07) is 4.10. The molecular weight excluding hydrogens is 254 g/mol. The highest BCUT2D eigenvalue weighted by Crippen LogP contribution is 2.31. The zero-order valence-electron chi connectivity index (χ0n) is 10.4. The molecule has 1 rings (SSSR count). The molecule has 0 spiro atoms. The monoisotopic (exact) mass is 269 g/mol. The van der Waals surface area contributed by atoms with E-state index < -0.39 is 4.92 Å². The Morgan fingerprint density at radius 2 is 2.26 bits per heavy atom. The highest BCUT2D eigenvalue weighted by atomic mass is 16.6.